The molecule has 0 atom stereocenters. The molecule has 0 saturated heterocycles. The molecule has 0 radical (unpaired) electrons. The molecule has 0 aliphatic rings. The van der Waals surface area contributed by atoms with E-state index in [9.17, 15) is 0 Å². The second kappa shape index (κ2) is 6.95. The molecule has 0 aliphatic heterocycles. The molecule has 0 saturated carbocycles. The highest BCUT2D eigenvalue weighted by Crippen LogP contribution is 2.18. The molecule has 104 valence electrons. The normalized spacial score (nSPS) is 11.1. The van der Waals surface area contributed by atoms with Gasteiger partial charge in [0.05, 0.1) is 11.3 Å². The lowest BCUT2D eigenvalue weighted by atomic mass is 10.2. The maximum Gasteiger partial charge on any atom is 0.237 e. The van der Waals surface area contributed by atoms with Crippen LogP contribution in [0, 0.1) is 11.3 Å². The number of hydrogen-bond acceptors (Lipinski definition) is 5. The van der Waals surface area contributed by atoms with E-state index in [1.165, 1.54) is 6.20 Å². The number of nitriles is 1. The molecule has 1 heterocycles. The summed E-state index contributed by atoms with van der Waals surface area (Å²) in [4.78, 5) is 6.38. The summed E-state index contributed by atoms with van der Waals surface area (Å²) in [7, 11) is 0. The highest BCUT2D eigenvalue weighted by Gasteiger charge is 2.13. The number of nitrogen functional groups attached to an aromatic ring is 1. The molecule has 1 aromatic heterocycles. The van der Waals surface area contributed by atoms with Crippen molar-refractivity contribution in [3.63, 3.8) is 0 Å². The summed E-state index contributed by atoms with van der Waals surface area (Å²) in [6.45, 7) is 9.99. The van der Waals surface area contributed by atoms with Crippen LogP contribution >= 0.6 is 0 Å². The van der Waals surface area contributed by atoms with Crippen molar-refractivity contribution in [3.05, 3.63) is 17.8 Å². The van der Waals surface area contributed by atoms with E-state index < -0.39 is 0 Å². The lowest BCUT2D eigenvalue weighted by Crippen LogP contribution is -2.39. The molecule has 0 amide bonds. The second-order valence-corrected chi connectivity index (χ2v) is 5.00. The minimum atomic E-state index is 0.395. The Morgan fingerprint density at radius 3 is 2.47 bits per heavy atom. The summed E-state index contributed by atoms with van der Waals surface area (Å²) in [5, 5.41) is 8.73. The Labute approximate surface area is 115 Å². The predicted octanol–water partition coefficient (Wildman–Crippen LogP) is 2.03. The first-order chi connectivity index (χ1) is 8.95. The van der Waals surface area contributed by atoms with Gasteiger partial charge in [-0.2, -0.15) is 5.26 Å². The third-order valence-electron chi connectivity index (χ3n) is 2.92. The smallest absolute Gasteiger partial charge is 0.237 e. The summed E-state index contributed by atoms with van der Waals surface area (Å²) < 4.78 is 5.58. The fourth-order valence-corrected chi connectivity index (χ4v) is 2.01. The fraction of sp³-hybridized carbons (Fsp3) is 0.571. The molecule has 0 aromatic carbocycles. The number of ether oxygens (including phenoxy) is 1. The van der Waals surface area contributed by atoms with Crippen molar-refractivity contribution in [2.24, 2.45) is 0 Å². The lowest BCUT2D eigenvalue weighted by Gasteiger charge is -2.30. The number of pyridine rings is 1. The van der Waals surface area contributed by atoms with Gasteiger partial charge in [-0.1, -0.05) is 0 Å². The van der Waals surface area contributed by atoms with Gasteiger partial charge in [-0.25, -0.2) is 4.98 Å². The van der Waals surface area contributed by atoms with Crippen molar-refractivity contribution < 1.29 is 4.74 Å². The van der Waals surface area contributed by atoms with E-state index in [1.54, 1.807) is 6.07 Å². The van der Waals surface area contributed by atoms with Gasteiger partial charge < -0.3 is 10.5 Å². The number of rotatable bonds is 6. The monoisotopic (exact) mass is 262 g/mol. The number of nitrogens with two attached hydrogens (primary N) is 1. The van der Waals surface area contributed by atoms with Crippen LogP contribution in [0.1, 0.15) is 33.3 Å². The van der Waals surface area contributed by atoms with Crippen LogP contribution in [-0.4, -0.2) is 35.1 Å². The first-order valence-corrected chi connectivity index (χ1v) is 6.49. The van der Waals surface area contributed by atoms with Crippen molar-refractivity contribution in [2.45, 2.75) is 39.8 Å². The van der Waals surface area contributed by atoms with Crippen LogP contribution in [-0.2, 0) is 0 Å². The van der Waals surface area contributed by atoms with E-state index in [4.69, 9.17) is 15.7 Å². The molecule has 19 heavy (non-hydrogen) atoms. The van der Waals surface area contributed by atoms with Crippen LogP contribution < -0.4 is 10.5 Å². The largest absolute Gasteiger partial charge is 0.475 e. The average molecular weight is 262 g/mol. The topological polar surface area (TPSA) is 75.2 Å². The van der Waals surface area contributed by atoms with Gasteiger partial charge in [-0.05, 0) is 33.8 Å². The van der Waals surface area contributed by atoms with E-state index in [2.05, 4.69) is 37.6 Å². The Kier molecular flexibility index (Phi) is 5.58. The van der Waals surface area contributed by atoms with E-state index in [-0.39, 0.29) is 0 Å². The van der Waals surface area contributed by atoms with Gasteiger partial charge in [-0.15, -0.1) is 0 Å². The molecule has 0 unspecified atom stereocenters. The van der Waals surface area contributed by atoms with Crippen molar-refractivity contribution in [1.82, 2.24) is 9.88 Å². The summed E-state index contributed by atoms with van der Waals surface area (Å²) in [5.41, 5.74) is 6.62. The Hall–Kier alpha value is -1.80. The molecule has 0 bridgehead atoms. The lowest BCUT2D eigenvalue weighted by molar-refractivity contribution is 0.140. The van der Waals surface area contributed by atoms with Gasteiger partial charge in [0.2, 0.25) is 5.88 Å². The van der Waals surface area contributed by atoms with E-state index in [0.29, 0.717) is 35.8 Å². The Bertz CT molecular complexity index is 443. The van der Waals surface area contributed by atoms with Gasteiger partial charge in [-0.3, -0.25) is 4.90 Å². The number of anilines is 1. The third kappa shape index (κ3) is 4.42. The van der Waals surface area contributed by atoms with Gasteiger partial charge in [0, 0.05) is 24.8 Å². The summed E-state index contributed by atoms with van der Waals surface area (Å²) in [6, 6.07) is 4.50. The zero-order chi connectivity index (χ0) is 14.4. The van der Waals surface area contributed by atoms with Gasteiger partial charge in [0.25, 0.3) is 0 Å². The van der Waals surface area contributed by atoms with Crippen molar-refractivity contribution in [2.75, 3.05) is 18.9 Å². The summed E-state index contributed by atoms with van der Waals surface area (Å²) >= 11 is 0. The first-order valence-electron chi connectivity index (χ1n) is 6.49. The molecular weight excluding hydrogens is 240 g/mol. The third-order valence-corrected chi connectivity index (χ3v) is 2.92. The summed E-state index contributed by atoms with van der Waals surface area (Å²) in [6.07, 6.45) is 1.47. The molecule has 5 nitrogen and oxygen atoms in total. The van der Waals surface area contributed by atoms with E-state index in [1.807, 2.05) is 6.07 Å². The van der Waals surface area contributed by atoms with Crippen molar-refractivity contribution >= 4 is 5.69 Å². The number of aromatic nitrogens is 1. The van der Waals surface area contributed by atoms with Gasteiger partial charge in [0.1, 0.15) is 12.7 Å². The highest BCUT2D eigenvalue weighted by molar-refractivity contribution is 5.51. The van der Waals surface area contributed by atoms with Crippen LogP contribution in [0.25, 0.3) is 0 Å². The molecule has 2 N–H and O–H groups in total. The van der Waals surface area contributed by atoms with Crippen LogP contribution in [0.5, 0.6) is 5.88 Å². The number of hydrogen-bond donors (Lipinski definition) is 1. The minimum absolute atomic E-state index is 0.395. The summed E-state index contributed by atoms with van der Waals surface area (Å²) in [5.74, 6) is 0.395. The molecule has 0 fully saturated rings. The highest BCUT2D eigenvalue weighted by atomic mass is 16.5. The van der Waals surface area contributed by atoms with Gasteiger partial charge in [0.15, 0.2) is 0 Å². The Balaban J connectivity index is 2.56. The minimum Gasteiger partial charge on any atom is -0.475 e. The van der Waals surface area contributed by atoms with Crippen LogP contribution in [0.4, 0.5) is 5.69 Å². The zero-order valence-electron chi connectivity index (χ0n) is 12.1. The molecule has 0 spiro atoms. The molecular formula is C14H22N4O. The SMILES string of the molecule is CC(C)N(CCOc1ncc(C#N)cc1N)C(C)C. The van der Waals surface area contributed by atoms with Gasteiger partial charge >= 0.3 is 0 Å². The van der Waals surface area contributed by atoms with Crippen LogP contribution in [0.15, 0.2) is 12.3 Å². The molecule has 5 heteroatoms. The first kappa shape index (κ1) is 15.3. The van der Waals surface area contributed by atoms with Crippen LogP contribution in [0.3, 0.4) is 0 Å². The molecule has 1 rings (SSSR count). The molecule has 0 aliphatic carbocycles. The number of nitrogens with zero attached hydrogens (tertiary/aromatic N) is 3. The Morgan fingerprint density at radius 1 is 1.37 bits per heavy atom. The second-order valence-electron chi connectivity index (χ2n) is 5.00. The van der Waals surface area contributed by atoms with E-state index in [0.717, 1.165) is 6.54 Å². The maximum absolute atomic E-state index is 8.73. The molecule has 1 aromatic rings. The average Bonchev–Trinajstić information content (AvgIpc) is 2.35. The maximum atomic E-state index is 8.73. The van der Waals surface area contributed by atoms with Crippen LogP contribution in [0.2, 0.25) is 0 Å². The Morgan fingerprint density at radius 2 is 2.00 bits per heavy atom. The van der Waals surface area contributed by atoms with Crippen molar-refractivity contribution in [1.29, 1.82) is 5.26 Å². The predicted molar refractivity (Wildman–Crippen MR) is 75.8 cm³/mol. The van der Waals surface area contributed by atoms with E-state index >= 15 is 0 Å². The van der Waals surface area contributed by atoms with Crippen molar-refractivity contribution in [3.8, 4) is 11.9 Å². The standard InChI is InChI=1S/C14H22N4O/c1-10(2)18(11(3)4)5-6-19-14-13(16)7-12(8-15)9-17-14/h7,9-11H,5-6,16H2,1-4H3. The zero-order valence-corrected chi connectivity index (χ0v) is 12.1. The fourth-order valence-electron chi connectivity index (χ4n) is 2.01. The quantitative estimate of drug-likeness (QED) is 0.849.